The fourth-order valence-electron chi connectivity index (χ4n) is 0.946. The first-order valence-electron chi connectivity index (χ1n) is 4.37. The summed E-state index contributed by atoms with van der Waals surface area (Å²) in [6.07, 6.45) is 1.52. The van der Waals surface area contributed by atoms with E-state index in [0.29, 0.717) is 27.1 Å². The first kappa shape index (κ1) is 11.2. The van der Waals surface area contributed by atoms with E-state index in [4.69, 9.17) is 16.0 Å². The Morgan fingerprint density at radius 1 is 1.44 bits per heavy atom. The van der Waals surface area contributed by atoms with Crippen molar-refractivity contribution in [2.75, 3.05) is 12.4 Å². The molecule has 0 spiro atoms. The normalized spacial score (nSPS) is 10.4. The highest BCUT2D eigenvalue weighted by Gasteiger charge is 2.11. The van der Waals surface area contributed by atoms with Gasteiger partial charge >= 0.3 is 0 Å². The first-order chi connectivity index (χ1) is 7.69. The zero-order valence-corrected chi connectivity index (χ0v) is 10.1. The summed E-state index contributed by atoms with van der Waals surface area (Å²) in [6, 6.07) is 0. The number of nitrogens with one attached hydrogen (secondary N) is 1. The SMILES string of the molecule is CNc1ncc(Cl)c(Sc2nnc(C)o2)n1. The monoisotopic (exact) mass is 257 g/mol. The second-order valence-electron chi connectivity index (χ2n) is 2.79. The summed E-state index contributed by atoms with van der Waals surface area (Å²) in [4.78, 5) is 8.15. The summed E-state index contributed by atoms with van der Waals surface area (Å²) in [7, 11) is 1.73. The van der Waals surface area contributed by atoms with Crippen LogP contribution in [0.1, 0.15) is 5.89 Å². The minimum absolute atomic E-state index is 0.403. The zero-order chi connectivity index (χ0) is 11.5. The van der Waals surface area contributed by atoms with Crippen molar-refractivity contribution in [2.45, 2.75) is 17.2 Å². The molecule has 0 atom stereocenters. The smallest absolute Gasteiger partial charge is 0.282 e. The lowest BCUT2D eigenvalue weighted by Crippen LogP contribution is -1.96. The Morgan fingerprint density at radius 2 is 2.25 bits per heavy atom. The van der Waals surface area contributed by atoms with Crippen molar-refractivity contribution in [1.29, 1.82) is 0 Å². The maximum Gasteiger partial charge on any atom is 0.282 e. The molecule has 2 aromatic rings. The highest BCUT2D eigenvalue weighted by Crippen LogP contribution is 2.30. The molecule has 84 valence electrons. The van der Waals surface area contributed by atoms with Crippen molar-refractivity contribution >= 4 is 29.3 Å². The molecule has 1 N–H and O–H groups in total. The molecule has 0 unspecified atom stereocenters. The first-order valence-corrected chi connectivity index (χ1v) is 5.56. The quantitative estimate of drug-likeness (QED) is 0.843. The third-order valence-corrected chi connectivity index (χ3v) is 2.86. The molecule has 0 aliphatic rings. The Balaban J connectivity index is 2.26. The Labute approximate surface area is 101 Å². The predicted octanol–water partition coefficient (Wildman–Crippen LogP) is 2.01. The van der Waals surface area contributed by atoms with Gasteiger partial charge in [0.1, 0.15) is 5.03 Å². The fourth-order valence-corrected chi connectivity index (χ4v) is 1.84. The summed E-state index contributed by atoms with van der Waals surface area (Å²) < 4.78 is 5.22. The van der Waals surface area contributed by atoms with Crippen LogP contribution >= 0.6 is 23.4 Å². The largest absolute Gasteiger partial charge is 0.416 e. The molecule has 0 aliphatic carbocycles. The lowest BCUT2D eigenvalue weighted by atomic mass is 10.6. The second kappa shape index (κ2) is 4.67. The molecule has 2 heterocycles. The van der Waals surface area contributed by atoms with Crippen LogP contribution in [0.15, 0.2) is 20.9 Å². The number of nitrogens with zero attached hydrogens (tertiary/aromatic N) is 4. The number of aromatic nitrogens is 4. The Kier molecular flexibility index (Phi) is 3.25. The molecule has 8 heteroatoms. The second-order valence-corrected chi connectivity index (χ2v) is 4.13. The number of anilines is 1. The van der Waals surface area contributed by atoms with E-state index in [0.717, 1.165) is 0 Å². The molecular weight excluding hydrogens is 250 g/mol. The van der Waals surface area contributed by atoms with Gasteiger partial charge in [0, 0.05) is 14.0 Å². The lowest BCUT2D eigenvalue weighted by Gasteiger charge is -2.02. The molecule has 0 radical (unpaired) electrons. The molecule has 0 saturated carbocycles. The predicted molar refractivity (Wildman–Crippen MR) is 59.7 cm³/mol. The van der Waals surface area contributed by atoms with E-state index in [1.165, 1.54) is 18.0 Å². The van der Waals surface area contributed by atoms with Crippen LogP contribution in [0.5, 0.6) is 0 Å². The molecule has 0 saturated heterocycles. The zero-order valence-electron chi connectivity index (χ0n) is 8.56. The van der Waals surface area contributed by atoms with Gasteiger partial charge in [-0.25, -0.2) is 9.97 Å². The van der Waals surface area contributed by atoms with Crippen LogP contribution in [-0.4, -0.2) is 27.2 Å². The van der Waals surface area contributed by atoms with Crippen molar-refractivity contribution in [3.63, 3.8) is 0 Å². The van der Waals surface area contributed by atoms with Gasteiger partial charge in [-0.2, -0.15) is 0 Å². The third kappa shape index (κ3) is 2.42. The van der Waals surface area contributed by atoms with Gasteiger partial charge in [-0.15, -0.1) is 10.2 Å². The van der Waals surface area contributed by atoms with Gasteiger partial charge in [0.05, 0.1) is 11.2 Å². The number of rotatable bonds is 3. The minimum atomic E-state index is 0.403. The van der Waals surface area contributed by atoms with Crippen LogP contribution in [0.3, 0.4) is 0 Å². The van der Waals surface area contributed by atoms with Crippen LogP contribution in [0.4, 0.5) is 5.95 Å². The van der Waals surface area contributed by atoms with E-state index in [1.807, 2.05) is 0 Å². The third-order valence-electron chi connectivity index (χ3n) is 1.63. The van der Waals surface area contributed by atoms with E-state index < -0.39 is 0 Å². The molecule has 6 nitrogen and oxygen atoms in total. The van der Waals surface area contributed by atoms with E-state index in [-0.39, 0.29) is 0 Å². The molecule has 0 amide bonds. The topological polar surface area (TPSA) is 76.7 Å². The maximum atomic E-state index is 5.95. The van der Waals surface area contributed by atoms with Crippen molar-refractivity contribution in [3.05, 3.63) is 17.1 Å². The van der Waals surface area contributed by atoms with Gasteiger partial charge in [0.15, 0.2) is 0 Å². The Bertz CT molecular complexity index is 503. The molecular formula is C8H8ClN5OS. The lowest BCUT2D eigenvalue weighted by molar-refractivity contribution is 0.429. The molecule has 0 aromatic carbocycles. The molecule has 0 fully saturated rings. The van der Waals surface area contributed by atoms with Gasteiger partial charge in [-0.3, -0.25) is 0 Å². The summed E-state index contributed by atoms with van der Waals surface area (Å²) in [5, 5.41) is 11.8. The summed E-state index contributed by atoms with van der Waals surface area (Å²) in [5.74, 6) is 0.990. The van der Waals surface area contributed by atoms with Gasteiger partial charge in [0.2, 0.25) is 11.8 Å². The summed E-state index contributed by atoms with van der Waals surface area (Å²) in [5.41, 5.74) is 0. The van der Waals surface area contributed by atoms with Crippen molar-refractivity contribution < 1.29 is 4.42 Å². The molecule has 0 bridgehead atoms. The minimum Gasteiger partial charge on any atom is -0.416 e. The van der Waals surface area contributed by atoms with E-state index in [9.17, 15) is 0 Å². The standard InChI is InChI=1S/C8H8ClN5OS/c1-4-13-14-8(15-4)16-6-5(9)3-11-7(10-2)12-6/h3H,1-2H3,(H,10,11,12). The van der Waals surface area contributed by atoms with E-state index in [2.05, 4.69) is 25.5 Å². The van der Waals surface area contributed by atoms with Crippen molar-refractivity contribution in [1.82, 2.24) is 20.2 Å². The average molecular weight is 258 g/mol. The Hall–Kier alpha value is -1.34. The molecule has 0 aliphatic heterocycles. The Morgan fingerprint density at radius 3 is 2.88 bits per heavy atom. The highest BCUT2D eigenvalue weighted by molar-refractivity contribution is 7.99. The highest BCUT2D eigenvalue weighted by atomic mass is 35.5. The number of aryl methyl sites for hydroxylation is 1. The van der Waals surface area contributed by atoms with Gasteiger partial charge in [-0.1, -0.05) is 11.6 Å². The summed E-state index contributed by atoms with van der Waals surface area (Å²) in [6.45, 7) is 1.72. The van der Waals surface area contributed by atoms with E-state index >= 15 is 0 Å². The fraction of sp³-hybridized carbons (Fsp3) is 0.250. The molecule has 2 rings (SSSR count). The van der Waals surface area contributed by atoms with E-state index in [1.54, 1.807) is 14.0 Å². The summed E-state index contributed by atoms with van der Waals surface area (Å²) >= 11 is 7.15. The van der Waals surface area contributed by atoms with Gasteiger partial charge in [0.25, 0.3) is 5.22 Å². The number of hydrogen-bond acceptors (Lipinski definition) is 7. The average Bonchev–Trinajstić information content (AvgIpc) is 2.67. The van der Waals surface area contributed by atoms with Crippen LogP contribution in [0.25, 0.3) is 0 Å². The van der Waals surface area contributed by atoms with Crippen LogP contribution in [-0.2, 0) is 0 Å². The van der Waals surface area contributed by atoms with Crippen LogP contribution in [0, 0.1) is 6.92 Å². The number of hydrogen-bond donors (Lipinski definition) is 1. The van der Waals surface area contributed by atoms with Crippen molar-refractivity contribution in [3.8, 4) is 0 Å². The maximum absolute atomic E-state index is 5.95. The number of halogens is 1. The van der Waals surface area contributed by atoms with Crippen molar-refractivity contribution in [2.24, 2.45) is 0 Å². The van der Waals surface area contributed by atoms with Gasteiger partial charge in [-0.05, 0) is 11.8 Å². The molecule has 2 aromatic heterocycles. The van der Waals surface area contributed by atoms with Crippen LogP contribution in [0.2, 0.25) is 5.02 Å². The van der Waals surface area contributed by atoms with Crippen LogP contribution < -0.4 is 5.32 Å². The molecule has 16 heavy (non-hydrogen) atoms. The van der Waals surface area contributed by atoms with Gasteiger partial charge < -0.3 is 9.73 Å².